The smallest absolute Gasteiger partial charge is 0.260 e. The maximum atomic E-state index is 12.9. The molecule has 8 heteroatoms. The van der Waals surface area contributed by atoms with E-state index in [1.54, 1.807) is 4.90 Å². The molecule has 0 spiro atoms. The molecular formula is C23H29FN4O3. The Hall–Kier alpha value is -3.13. The number of ether oxygens (including phenoxy) is 1. The number of rotatable bonds is 8. The van der Waals surface area contributed by atoms with E-state index >= 15 is 0 Å². The molecule has 0 saturated carbocycles. The van der Waals surface area contributed by atoms with Crippen LogP contribution in [-0.4, -0.2) is 75.0 Å². The van der Waals surface area contributed by atoms with Crippen molar-refractivity contribution in [3.63, 3.8) is 0 Å². The number of carbonyl (C=O) groups excluding carboxylic acids is 2. The average Bonchev–Trinajstić information content (AvgIpc) is 2.78. The standard InChI is InChI=1S/C23H29FN4O3/c1-26(2)20-7-3-18(4-8-20)15-25-22(29)16-27-11-13-28(14-12-27)23(30)17-31-21-9-5-19(24)6-10-21/h3-10H,11-17H2,1-2H3,(H,25,29). The quantitative estimate of drug-likeness (QED) is 0.694. The van der Waals surface area contributed by atoms with E-state index < -0.39 is 0 Å². The molecule has 1 heterocycles. The largest absolute Gasteiger partial charge is 0.484 e. The molecule has 0 radical (unpaired) electrons. The van der Waals surface area contributed by atoms with Crippen LogP contribution in [0, 0.1) is 5.82 Å². The lowest BCUT2D eigenvalue weighted by atomic mass is 10.2. The maximum Gasteiger partial charge on any atom is 0.260 e. The lowest BCUT2D eigenvalue weighted by Gasteiger charge is -2.34. The number of halogens is 1. The van der Waals surface area contributed by atoms with Crippen LogP contribution in [-0.2, 0) is 16.1 Å². The zero-order valence-corrected chi connectivity index (χ0v) is 18.0. The van der Waals surface area contributed by atoms with E-state index in [9.17, 15) is 14.0 Å². The highest BCUT2D eigenvalue weighted by Crippen LogP contribution is 2.13. The summed E-state index contributed by atoms with van der Waals surface area (Å²) < 4.78 is 18.3. The summed E-state index contributed by atoms with van der Waals surface area (Å²) in [5.74, 6) is -0.0341. The number of benzene rings is 2. The molecule has 2 aromatic carbocycles. The molecule has 1 N–H and O–H groups in total. The summed E-state index contributed by atoms with van der Waals surface area (Å²) in [7, 11) is 3.98. The van der Waals surface area contributed by atoms with E-state index in [1.807, 2.05) is 48.2 Å². The number of hydrogen-bond donors (Lipinski definition) is 1. The van der Waals surface area contributed by atoms with Gasteiger partial charge in [0.1, 0.15) is 11.6 Å². The topological polar surface area (TPSA) is 65.1 Å². The van der Waals surface area contributed by atoms with Crippen molar-refractivity contribution in [1.29, 1.82) is 0 Å². The number of anilines is 1. The highest BCUT2D eigenvalue weighted by molar-refractivity contribution is 5.79. The second kappa shape index (κ2) is 10.8. The number of carbonyl (C=O) groups is 2. The van der Waals surface area contributed by atoms with Crippen molar-refractivity contribution in [3.05, 3.63) is 59.9 Å². The number of nitrogens with one attached hydrogen (secondary N) is 1. The first-order chi connectivity index (χ1) is 14.9. The molecule has 31 heavy (non-hydrogen) atoms. The van der Waals surface area contributed by atoms with Crippen molar-refractivity contribution in [2.75, 3.05) is 58.3 Å². The third kappa shape index (κ3) is 6.96. The normalized spacial score (nSPS) is 14.2. The first-order valence-corrected chi connectivity index (χ1v) is 10.3. The predicted molar refractivity (Wildman–Crippen MR) is 118 cm³/mol. The van der Waals surface area contributed by atoms with Gasteiger partial charge in [0.25, 0.3) is 5.91 Å². The number of piperazine rings is 1. The second-order valence-corrected chi connectivity index (χ2v) is 7.74. The van der Waals surface area contributed by atoms with Gasteiger partial charge < -0.3 is 19.9 Å². The van der Waals surface area contributed by atoms with E-state index in [1.165, 1.54) is 24.3 Å². The van der Waals surface area contributed by atoms with Gasteiger partial charge in [0, 0.05) is 52.5 Å². The Morgan fingerprint density at radius 2 is 1.65 bits per heavy atom. The van der Waals surface area contributed by atoms with Crippen LogP contribution in [0.15, 0.2) is 48.5 Å². The van der Waals surface area contributed by atoms with Crippen LogP contribution in [0.25, 0.3) is 0 Å². The number of hydrogen-bond acceptors (Lipinski definition) is 5. The molecule has 1 saturated heterocycles. The Morgan fingerprint density at radius 3 is 2.26 bits per heavy atom. The van der Waals surface area contributed by atoms with Crippen LogP contribution < -0.4 is 15.0 Å². The van der Waals surface area contributed by atoms with Gasteiger partial charge in [-0.15, -0.1) is 0 Å². The molecule has 1 fully saturated rings. The molecule has 1 aliphatic rings. The Balaban J connectivity index is 1.34. The number of nitrogens with zero attached hydrogens (tertiary/aromatic N) is 3. The Bertz CT molecular complexity index is 863. The molecule has 7 nitrogen and oxygen atoms in total. The van der Waals surface area contributed by atoms with Gasteiger partial charge in [-0.05, 0) is 42.0 Å². The summed E-state index contributed by atoms with van der Waals surface area (Å²) in [6.07, 6.45) is 0. The highest BCUT2D eigenvalue weighted by Gasteiger charge is 2.22. The van der Waals surface area contributed by atoms with Crippen molar-refractivity contribution >= 4 is 17.5 Å². The molecule has 0 aromatic heterocycles. The lowest BCUT2D eigenvalue weighted by Crippen LogP contribution is -2.52. The monoisotopic (exact) mass is 428 g/mol. The Labute approximate surface area is 182 Å². The van der Waals surface area contributed by atoms with E-state index in [2.05, 4.69) is 5.32 Å². The summed E-state index contributed by atoms with van der Waals surface area (Å²) in [6.45, 7) is 3.07. The van der Waals surface area contributed by atoms with Gasteiger partial charge in [-0.3, -0.25) is 14.5 Å². The Morgan fingerprint density at radius 1 is 1.00 bits per heavy atom. The van der Waals surface area contributed by atoms with Crippen molar-refractivity contribution in [1.82, 2.24) is 15.1 Å². The average molecular weight is 429 g/mol. The first kappa shape index (κ1) is 22.6. The van der Waals surface area contributed by atoms with Gasteiger partial charge in [-0.25, -0.2) is 4.39 Å². The van der Waals surface area contributed by atoms with Gasteiger partial charge in [-0.1, -0.05) is 12.1 Å². The molecule has 1 aliphatic heterocycles. The molecule has 2 amide bonds. The summed E-state index contributed by atoms with van der Waals surface area (Å²) in [5, 5.41) is 2.95. The van der Waals surface area contributed by atoms with E-state index in [0.717, 1.165) is 11.3 Å². The number of amides is 2. The maximum absolute atomic E-state index is 12.9. The molecule has 2 aromatic rings. The predicted octanol–water partition coefficient (Wildman–Crippen LogP) is 1.73. The molecular weight excluding hydrogens is 399 g/mol. The van der Waals surface area contributed by atoms with E-state index in [0.29, 0.717) is 45.0 Å². The lowest BCUT2D eigenvalue weighted by molar-refractivity contribution is -0.135. The van der Waals surface area contributed by atoms with E-state index in [-0.39, 0.29) is 24.2 Å². The van der Waals surface area contributed by atoms with Crippen LogP contribution in [0.3, 0.4) is 0 Å². The zero-order chi connectivity index (χ0) is 22.2. The van der Waals surface area contributed by atoms with Gasteiger partial charge in [0.2, 0.25) is 5.91 Å². The minimum atomic E-state index is -0.346. The molecule has 0 atom stereocenters. The third-order valence-electron chi connectivity index (χ3n) is 5.21. The molecule has 0 bridgehead atoms. The van der Waals surface area contributed by atoms with Gasteiger partial charge in [-0.2, -0.15) is 0 Å². The van der Waals surface area contributed by atoms with Gasteiger partial charge >= 0.3 is 0 Å². The zero-order valence-electron chi connectivity index (χ0n) is 18.0. The van der Waals surface area contributed by atoms with Crippen molar-refractivity contribution in [2.45, 2.75) is 6.54 Å². The second-order valence-electron chi connectivity index (χ2n) is 7.74. The van der Waals surface area contributed by atoms with Crippen molar-refractivity contribution < 1.29 is 18.7 Å². The summed E-state index contributed by atoms with van der Waals surface area (Å²) >= 11 is 0. The van der Waals surface area contributed by atoms with E-state index in [4.69, 9.17) is 4.74 Å². The highest BCUT2D eigenvalue weighted by atomic mass is 19.1. The van der Waals surface area contributed by atoms with Gasteiger partial charge in [0.05, 0.1) is 6.54 Å². The first-order valence-electron chi connectivity index (χ1n) is 10.3. The molecule has 0 unspecified atom stereocenters. The van der Waals surface area contributed by atoms with Crippen molar-refractivity contribution in [3.8, 4) is 5.75 Å². The fourth-order valence-corrected chi connectivity index (χ4v) is 3.29. The fourth-order valence-electron chi connectivity index (χ4n) is 3.29. The van der Waals surface area contributed by atoms with Gasteiger partial charge in [0.15, 0.2) is 6.61 Å². The van der Waals surface area contributed by atoms with Crippen LogP contribution in [0.1, 0.15) is 5.56 Å². The van der Waals surface area contributed by atoms with Crippen LogP contribution in [0.2, 0.25) is 0 Å². The summed E-state index contributed by atoms with van der Waals surface area (Å²) in [5.41, 5.74) is 2.17. The molecule has 166 valence electrons. The summed E-state index contributed by atoms with van der Waals surface area (Å²) in [6, 6.07) is 13.6. The fraction of sp³-hybridized carbons (Fsp3) is 0.391. The minimum Gasteiger partial charge on any atom is -0.484 e. The van der Waals surface area contributed by atoms with Crippen LogP contribution >= 0.6 is 0 Å². The van der Waals surface area contributed by atoms with Crippen LogP contribution in [0.4, 0.5) is 10.1 Å². The minimum absolute atomic E-state index is 0.0314. The van der Waals surface area contributed by atoms with Crippen molar-refractivity contribution in [2.24, 2.45) is 0 Å². The SMILES string of the molecule is CN(C)c1ccc(CNC(=O)CN2CCN(C(=O)COc3ccc(F)cc3)CC2)cc1. The third-order valence-corrected chi connectivity index (χ3v) is 5.21. The summed E-state index contributed by atoms with van der Waals surface area (Å²) in [4.78, 5) is 30.4. The Kier molecular flexibility index (Phi) is 7.83. The molecule has 3 rings (SSSR count). The van der Waals surface area contributed by atoms with Crippen LogP contribution in [0.5, 0.6) is 5.75 Å². The molecule has 0 aliphatic carbocycles.